The minimum Gasteiger partial charge on any atom is -0.480 e. The van der Waals surface area contributed by atoms with Crippen molar-refractivity contribution in [2.45, 2.75) is 12.5 Å². The number of anilines is 1. The van der Waals surface area contributed by atoms with E-state index in [-0.39, 0.29) is 31.4 Å². The summed E-state index contributed by atoms with van der Waals surface area (Å²) >= 11 is 0. The molecule has 0 bridgehead atoms. The number of benzene rings is 1. The number of aliphatic carboxylic acids is 1. The molecule has 21 heavy (non-hydrogen) atoms. The van der Waals surface area contributed by atoms with Crippen LogP contribution in [0.1, 0.15) is 15.9 Å². The van der Waals surface area contributed by atoms with Crippen LogP contribution in [0.4, 0.5) is 5.69 Å². The van der Waals surface area contributed by atoms with Crippen molar-refractivity contribution in [3.8, 4) is 0 Å². The van der Waals surface area contributed by atoms with Crippen molar-refractivity contribution in [3.63, 3.8) is 0 Å². The van der Waals surface area contributed by atoms with E-state index < -0.39 is 12.0 Å². The number of carbonyl (C=O) groups is 3. The maximum absolute atomic E-state index is 12.5. The number of carbonyl (C=O) groups excluding carboxylic acids is 2. The van der Waals surface area contributed by atoms with Gasteiger partial charge in [-0.2, -0.15) is 0 Å². The number of nitrogens with zero attached hydrogens (tertiary/aromatic N) is 1. The van der Waals surface area contributed by atoms with E-state index in [9.17, 15) is 14.4 Å². The summed E-state index contributed by atoms with van der Waals surface area (Å²) in [7, 11) is 0. The Balaban J connectivity index is 1.86. The summed E-state index contributed by atoms with van der Waals surface area (Å²) in [6, 6.07) is 3.94. The van der Waals surface area contributed by atoms with E-state index in [1.165, 1.54) is 4.90 Å². The lowest BCUT2D eigenvalue weighted by Gasteiger charge is -2.32. The van der Waals surface area contributed by atoms with E-state index >= 15 is 0 Å². The second-order valence-corrected chi connectivity index (χ2v) is 5.02. The van der Waals surface area contributed by atoms with Gasteiger partial charge in [-0.1, -0.05) is 0 Å². The molecule has 0 aromatic heterocycles. The fourth-order valence-corrected chi connectivity index (χ4v) is 2.58. The number of carboxylic acids is 1. The van der Waals surface area contributed by atoms with Crippen molar-refractivity contribution >= 4 is 23.5 Å². The summed E-state index contributed by atoms with van der Waals surface area (Å²) in [5.74, 6) is -1.54. The van der Waals surface area contributed by atoms with E-state index in [0.717, 1.165) is 5.56 Å². The van der Waals surface area contributed by atoms with E-state index in [1.807, 2.05) is 0 Å². The Labute approximate surface area is 120 Å². The summed E-state index contributed by atoms with van der Waals surface area (Å²) < 4.78 is 5.12. The molecule has 2 heterocycles. The highest BCUT2D eigenvalue weighted by molar-refractivity contribution is 6.02. The van der Waals surface area contributed by atoms with Gasteiger partial charge in [0.1, 0.15) is 0 Å². The van der Waals surface area contributed by atoms with Crippen molar-refractivity contribution in [2.24, 2.45) is 0 Å². The number of amides is 2. The molecule has 110 valence electrons. The zero-order valence-electron chi connectivity index (χ0n) is 11.2. The Morgan fingerprint density at radius 1 is 1.38 bits per heavy atom. The van der Waals surface area contributed by atoms with Gasteiger partial charge in [0, 0.05) is 17.8 Å². The van der Waals surface area contributed by atoms with E-state index in [0.29, 0.717) is 17.9 Å². The average Bonchev–Trinajstić information content (AvgIpc) is 2.85. The first kappa shape index (κ1) is 13.6. The van der Waals surface area contributed by atoms with Gasteiger partial charge in [0.15, 0.2) is 6.04 Å². The van der Waals surface area contributed by atoms with Crippen molar-refractivity contribution in [1.82, 2.24) is 4.90 Å². The van der Waals surface area contributed by atoms with Gasteiger partial charge in [-0.25, -0.2) is 4.79 Å². The highest BCUT2D eigenvalue weighted by Crippen LogP contribution is 2.25. The third-order valence-corrected chi connectivity index (χ3v) is 3.65. The number of morpholine rings is 1. The summed E-state index contributed by atoms with van der Waals surface area (Å²) in [4.78, 5) is 36.3. The second kappa shape index (κ2) is 5.17. The van der Waals surface area contributed by atoms with Crippen LogP contribution in [0.3, 0.4) is 0 Å². The van der Waals surface area contributed by atoms with Crippen LogP contribution < -0.4 is 5.32 Å². The summed E-state index contributed by atoms with van der Waals surface area (Å²) in [5, 5.41) is 11.9. The quantitative estimate of drug-likeness (QED) is 0.805. The van der Waals surface area contributed by atoms with Crippen LogP contribution in [-0.4, -0.2) is 53.6 Å². The van der Waals surface area contributed by atoms with Crippen molar-refractivity contribution in [3.05, 3.63) is 29.3 Å². The number of hydrogen-bond donors (Lipinski definition) is 2. The van der Waals surface area contributed by atoms with E-state index in [4.69, 9.17) is 9.84 Å². The highest BCUT2D eigenvalue weighted by Gasteiger charge is 2.33. The predicted octanol–water partition coefficient (Wildman–Crippen LogP) is 0.107. The molecule has 2 aliphatic rings. The third kappa shape index (κ3) is 2.47. The Morgan fingerprint density at radius 2 is 2.19 bits per heavy atom. The van der Waals surface area contributed by atoms with Crippen molar-refractivity contribution in [1.29, 1.82) is 0 Å². The van der Waals surface area contributed by atoms with Gasteiger partial charge < -0.3 is 20.1 Å². The standard InChI is InChI=1S/C14H14N2O5/c17-12-6-9-5-8(1-2-10(9)15-12)13(18)16-3-4-21-7-11(16)14(19)20/h1-2,5,11H,3-4,6-7H2,(H,15,17)(H,19,20). The molecule has 0 radical (unpaired) electrons. The zero-order chi connectivity index (χ0) is 15.0. The minimum absolute atomic E-state index is 0.00788. The minimum atomic E-state index is -1.08. The molecule has 7 nitrogen and oxygen atoms in total. The molecular weight excluding hydrogens is 276 g/mol. The topological polar surface area (TPSA) is 95.9 Å². The van der Waals surface area contributed by atoms with Crippen LogP contribution >= 0.6 is 0 Å². The van der Waals surface area contributed by atoms with Gasteiger partial charge in [0.05, 0.1) is 19.6 Å². The van der Waals surface area contributed by atoms with Crippen molar-refractivity contribution in [2.75, 3.05) is 25.1 Å². The normalized spacial score (nSPS) is 20.9. The van der Waals surface area contributed by atoms with Crippen molar-refractivity contribution < 1.29 is 24.2 Å². The molecule has 1 aromatic carbocycles. The first-order chi connectivity index (χ1) is 10.1. The van der Waals surface area contributed by atoms with Gasteiger partial charge >= 0.3 is 5.97 Å². The molecule has 2 N–H and O–H groups in total. The maximum atomic E-state index is 12.5. The van der Waals surface area contributed by atoms with E-state index in [2.05, 4.69) is 5.32 Å². The Kier molecular flexibility index (Phi) is 3.34. The molecule has 7 heteroatoms. The van der Waals surface area contributed by atoms with Crippen LogP contribution in [0.5, 0.6) is 0 Å². The van der Waals surface area contributed by atoms with Gasteiger partial charge in [0.25, 0.3) is 5.91 Å². The first-order valence-electron chi connectivity index (χ1n) is 6.60. The number of hydrogen-bond acceptors (Lipinski definition) is 4. The molecule has 2 amide bonds. The molecule has 1 saturated heterocycles. The highest BCUT2D eigenvalue weighted by atomic mass is 16.5. The Morgan fingerprint density at radius 3 is 2.95 bits per heavy atom. The lowest BCUT2D eigenvalue weighted by molar-refractivity contribution is -0.147. The summed E-state index contributed by atoms with van der Waals surface area (Å²) in [6.07, 6.45) is 0.238. The fourth-order valence-electron chi connectivity index (χ4n) is 2.58. The maximum Gasteiger partial charge on any atom is 0.328 e. The number of fused-ring (bicyclic) bond motifs is 1. The summed E-state index contributed by atoms with van der Waals surface area (Å²) in [6.45, 7) is 0.552. The monoisotopic (exact) mass is 290 g/mol. The van der Waals surface area contributed by atoms with Crippen LogP contribution in [0.15, 0.2) is 18.2 Å². The van der Waals surface area contributed by atoms with Crippen LogP contribution in [0.2, 0.25) is 0 Å². The van der Waals surface area contributed by atoms with Gasteiger partial charge in [-0.15, -0.1) is 0 Å². The van der Waals surface area contributed by atoms with Crippen LogP contribution in [0, 0.1) is 0 Å². The Bertz CT molecular complexity index is 628. The molecule has 1 atom stereocenters. The molecule has 3 rings (SSSR count). The molecule has 1 unspecified atom stereocenters. The number of ether oxygens (including phenoxy) is 1. The molecule has 0 saturated carbocycles. The van der Waals surface area contributed by atoms with Crippen LogP contribution in [-0.2, 0) is 20.7 Å². The Hall–Kier alpha value is -2.41. The largest absolute Gasteiger partial charge is 0.480 e. The predicted molar refractivity (Wildman–Crippen MR) is 72.1 cm³/mol. The molecule has 2 aliphatic heterocycles. The van der Waals surface area contributed by atoms with Gasteiger partial charge in [0.2, 0.25) is 5.91 Å². The van der Waals surface area contributed by atoms with Crippen LogP contribution in [0.25, 0.3) is 0 Å². The number of nitrogens with one attached hydrogen (secondary N) is 1. The van der Waals surface area contributed by atoms with Gasteiger partial charge in [-0.3, -0.25) is 9.59 Å². The third-order valence-electron chi connectivity index (χ3n) is 3.65. The molecule has 0 aliphatic carbocycles. The van der Waals surface area contributed by atoms with Gasteiger partial charge in [-0.05, 0) is 23.8 Å². The van der Waals surface area contributed by atoms with E-state index in [1.54, 1.807) is 18.2 Å². The zero-order valence-corrected chi connectivity index (χ0v) is 11.2. The lowest BCUT2D eigenvalue weighted by atomic mass is 10.1. The lowest BCUT2D eigenvalue weighted by Crippen LogP contribution is -2.52. The second-order valence-electron chi connectivity index (χ2n) is 5.02. The SMILES string of the molecule is O=C1Cc2cc(C(=O)N3CCOCC3C(=O)O)ccc2N1. The molecule has 0 spiro atoms. The molecule has 1 fully saturated rings. The molecular formula is C14H14N2O5. The average molecular weight is 290 g/mol. The smallest absolute Gasteiger partial charge is 0.328 e. The first-order valence-corrected chi connectivity index (χ1v) is 6.60. The molecule has 1 aromatic rings. The number of carboxylic acid groups (broad SMARTS) is 1. The summed E-state index contributed by atoms with van der Waals surface area (Å²) in [5.41, 5.74) is 1.85. The fraction of sp³-hybridized carbons (Fsp3) is 0.357. The number of rotatable bonds is 2.